The third-order valence-corrected chi connectivity index (χ3v) is 3.36. The Labute approximate surface area is 128 Å². The van der Waals surface area contributed by atoms with Crippen molar-refractivity contribution >= 4 is 17.3 Å². The van der Waals surface area contributed by atoms with E-state index in [4.69, 9.17) is 4.74 Å². The Kier molecular flexibility index (Phi) is 4.65. The van der Waals surface area contributed by atoms with E-state index >= 15 is 0 Å². The maximum Gasteiger partial charge on any atom is 0.337 e. The molecule has 4 nitrogen and oxygen atoms in total. The minimum Gasteiger partial charge on any atom is -0.497 e. The Morgan fingerprint density at radius 1 is 1.18 bits per heavy atom. The molecule has 0 aliphatic carbocycles. The van der Waals surface area contributed by atoms with Crippen molar-refractivity contribution < 1.29 is 19.0 Å². The molecule has 0 aliphatic heterocycles. The van der Waals surface area contributed by atoms with Crippen LogP contribution in [-0.4, -0.2) is 18.2 Å². The van der Waals surface area contributed by atoms with E-state index in [1.165, 1.54) is 25.3 Å². The lowest BCUT2D eigenvalue weighted by Crippen LogP contribution is -2.05. The number of carbonyl (C=O) groups is 1. The summed E-state index contributed by atoms with van der Waals surface area (Å²) in [6.45, 7) is 3.90. The highest BCUT2D eigenvalue weighted by molar-refractivity contribution is 5.95. The molecule has 0 saturated heterocycles. The zero-order valence-electron chi connectivity index (χ0n) is 12.7. The van der Waals surface area contributed by atoms with Gasteiger partial charge in [0.15, 0.2) is 0 Å². The van der Waals surface area contributed by atoms with Crippen LogP contribution in [0.15, 0.2) is 36.4 Å². The number of ether oxygens (including phenoxy) is 1. The van der Waals surface area contributed by atoms with Crippen molar-refractivity contribution in [3.05, 3.63) is 53.3 Å². The molecule has 22 heavy (non-hydrogen) atoms. The molecule has 5 heteroatoms. The predicted octanol–water partition coefficient (Wildman–Crippen LogP) is 4.40. The molecule has 0 radical (unpaired) electrons. The molecule has 0 spiro atoms. The molecule has 0 aromatic heterocycles. The van der Waals surface area contributed by atoms with Crippen molar-refractivity contribution in [3.8, 4) is 5.75 Å². The Morgan fingerprint density at radius 3 is 2.50 bits per heavy atom. The van der Waals surface area contributed by atoms with Crippen molar-refractivity contribution in [2.75, 3.05) is 12.4 Å². The Bertz CT molecular complexity index is 698. The summed E-state index contributed by atoms with van der Waals surface area (Å²) in [5, 5.41) is 12.4. The van der Waals surface area contributed by atoms with Gasteiger partial charge < -0.3 is 15.2 Å². The Hall–Kier alpha value is -2.56. The molecule has 0 aliphatic rings. The van der Waals surface area contributed by atoms with E-state index in [1.807, 2.05) is 13.8 Å². The van der Waals surface area contributed by atoms with E-state index in [0.29, 0.717) is 17.1 Å². The van der Waals surface area contributed by atoms with Crippen molar-refractivity contribution in [1.29, 1.82) is 0 Å². The molecule has 2 N–H and O–H groups in total. The van der Waals surface area contributed by atoms with Crippen LogP contribution in [0.3, 0.4) is 0 Å². The second-order valence-electron chi connectivity index (χ2n) is 5.23. The van der Waals surface area contributed by atoms with Gasteiger partial charge in [-0.15, -0.1) is 0 Å². The standard InChI is InChI=1S/C17H18FNO3/c1-10(2)14-8-11(18)4-7-15(14)19-16-9-12(22-3)5-6-13(16)17(20)21/h4-10,19H,1-3H3,(H,20,21). The molecular weight excluding hydrogens is 285 g/mol. The van der Waals surface area contributed by atoms with Crippen LogP contribution in [0.5, 0.6) is 5.75 Å². The van der Waals surface area contributed by atoms with Crippen molar-refractivity contribution in [2.45, 2.75) is 19.8 Å². The van der Waals surface area contributed by atoms with Crippen molar-refractivity contribution in [3.63, 3.8) is 0 Å². The number of carboxylic acids is 1. The molecule has 0 atom stereocenters. The topological polar surface area (TPSA) is 58.6 Å². The van der Waals surface area contributed by atoms with Crippen LogP contribution in [-0.2, 0) is 0 Å². The van der Waals surface area contributed by atoms with Gasteiger partial charge in [-0.3, -0.25) is 0 Å². The van der Waals surface area contributed by atoms with E-state index in [0.717, 1.165) is 5.56 Å². The molecule has 0 heterocycles. The molecule has 0 amide bonds. The van der Waals surface area contributed by atoms with Gasteiger partial charge in [0.25, 0.3) is 0 Å². The number of aromatic carboxylic acids is 1. The largest absolute Gasteiger partial charge is 0.497 e. The molecule has 116 valence electrons. The van der Waals surface area contributed by atoms with Crippen LogP contribution in [0, 0.1) is 5.82 Å². The first kappa shape index (κ1) is 15.8. The van der Waals surface area contributed by atoms with Crippen LogP contribution >= 0.6 is 0 Å². The number of methoxy groups -OCH3 is 1. The monoisotopic (exact) mass is 303 g/mol. The highest BCUT2D eigenvalue weighted by atomic mass is 19.1. The summed E-state index contributed by atoms with van der Waals surface area (Å²) >= 11 is 0. The molecule has 2 aromatic rings. The second-order valence-corrected chi connectivity index (χ2v) is 5.23. The lowest BCUT2D eigenvalue weighted by atomic mass is 10.0. The first-order valence-electron chi connectivity index (χ1n) is 6.90. The van der Waals surface area contributed by atoms with Crippen LogP contribution in [0.2, 0.25) is 0 Å². The van der Waals surface area contributed by atoms with Gasteiger partial charge in [0.2, 0.25) is 0 Å². The van der Waals surface area contributed by atoms with Crippen molar-refractivity contribution in [1.82, 2.24) is 0 Å². The van der Waals surface area contributed by atoms with Gasteiger partial charge in [-0.2, -0.15) is 0 Å². The first-order valence-corrected chi connectivity index (χ1v) is 6.90. The number of carboxylic acid groups (broad SMARTS) is 1. The summed E-state index contributed by atoms with van der Waals surface area (Å²) in [5.74, 6) is -0.727. The smallest absolute Gasteiger partial charge is 0.337 e. The van der Waals surface area contributed by atoms with Gasteiger partial charge in [0, 0.05) is 11.8 Å². The molecule has 0 bridgehead atoms. The minimum atomic E-state index is -1.04. The van der Waals surface area contributed by atoms with Crippen molar-refractivity contribution in [2.24, 2.45) is 0 Å². The first-order chi connectivity index (χ1) is 10.4. The number of anilines is 2. The molecule has 0 unspecified atom stereocenters. The number of hydrogen-bond acceptors (Lipinski definition) is 3. The van der Waals surface area contributed by atoms with Crippen LogP contribution in [0.25, 0.3) is 0 Å². The fraction of sp³-hybridized carbons (Fsp3) is 0.235. The highest BCUT2D eigenvalue weighted by Crippen LogP contribution is 2.31. The zero-order chi connectivity index (χ0) is 16.3. The average Bonchev–Trinajstić information content (AvgIpc) is 2.48. The van der Waals surface area contributed by atoms with Crippen LogP contribution in [0.4, 0.5) is 15.8 Å². The lowest BCUT2D eigenvalue weighted by molar-refractivity contribution is 0.0698. The van der Waals surface area contributed by atoms with E-state index in [1.54, 1.807) is 18.2 Å². The average molecular weight is 303 g/mol. The second kappa shape index (κ2) is 6.47. The van der Waals surface area contributed by atoms with E-state index < -0.39 is 5.97 Å². The lowest BCUT2D eigenvalue weighted by Gasteiger charge is -2.17. The third-order valence-electron chi connectivity index (χ3n) is 3.36. The number of hydrogen-bond donors (Lipinski definition) is 2. The quantitative estimate of drug-likeness (QED) is 0.859. The Balaban J connectivity index is 2.48. The third kappa shape index (κ3) is 3.36. The summed E-state index contributed by atoms with van der Waals surface area (Å²) in [6.07, 6.45) is 0. The van der Waals surface area contributed by atoms with E-state index in [2.05, 4.69) is 5.32 Å². The zero-order valence-corrected chi connectivity index (χ0v) is 12.7. The number of halogens is 1. The van der Waals surface area contributed by atoms with Crippen LogP contribution < -0.4 is 10.1 Å². The van der Waals surface area contributed by atoms with Gasteiger partial charge in [0.05, 0.1) is 18.4 Å². The van der Waals surface area contributed by atoms with Gasteiger partial charge in [0.1, 0.15) is 11.6 Å². The molecule has 0 saturated carbocycles. The molecule has 2 rings (SSSR count). The Morgan fingerprint density at radius 2 is 1.91 bits per heavy atom. The summed E-state index contributed by atoms with van der Waals surface area (Å²) in [7, 11) is 1.51. The van der Waals surface area contributed by atoms with Gasteiger partial charge in [-0.1, -0.05) is 13.8 Å². The molecular formula is C17H18FNO3. The normalized spacial score (nSPS) is 10.6. The molecule has 2 aromatic carbocycles. The van der Waals surface area contributed by atoms with Gasteiger partial charge >= 0.3 is 5.97 Å². The van der Waals surface area contributed by atoms with Gasteiger partial charge in [-0.05, 0) is 41.8 Å². The fourth-order valence-corrected chi connectivity index (χ4v) is 2.21. The fourth-order valence-electron chi connectivity index (χ4n) is 2.21. The van der Waals surface area contributed by atoms with Gasteiger partial charge in [-0.25, -0.2) is 9.18 Å². The molecule has 0 fully saturated rings. The van der Waals surface area contributed by atoms with Crippen LogP contribution in [0.1, 0.15) is 35.7 Å². The number of benzene rings is 2. The van der Waals surface area contributed by atoms with E-state index in [-0.39, 0.29) is 17.3 Å². The summed E-state index contributed by atoms with van der Waals surface area (Å²) in [5.41, 5.74) is 1.98. The maximum absolute atomic E-state index is 13.4. The number of rotatable bonds is 5. The number of nitrogens with one attached hydrogen (secondary N) is 1. The summed E-state index contributed by atoms with van der Waals surface area (Å²) in [6, 6.07) is 9.07. The van der Waals surface area contributed by atoms with E-state index in [9.17, 15) is 14.3 Å². The summed E-state index contributed by atoms with van der Waals surface area (Å²) < 4.78 is 18.6. The highest BCUT2D eigenvalue weighted by Gasteiger charge is 2.14. The SMILES string of the molecule is COc1ccc(C(=O)O)c(Nc2ccc(F)cc2C(C)C)c1. The minimum absolute atomic E-state index is 0.0945. The predicted molar refractivity (Wildman–Crippen MR) is 83.7 cm³/mol. The summed E-state index contributed by atoms with van der Waals surface area (Å²) in [4.78, 5) is 11.3. The maximum atomic E-state index is 13.4.